The van der Waals surface area contributed by atoms with Crippen LogP contribution in [-0.2, 0) is 10.0 Å². The van der Waals surface area contributed by atoms with Crippen LogP contribution in [0.25, 0.3) is 0 Å². The van der Waals surface area contributed by atoms with Gasteiger partial charge >= 0.3 is 0 Å². The molecule has 0 radical (unpaired) electrons. The topological polar surface area (TPSA) is 49.4 Å². The van der Waals surface area contributed by atoms with Crippen molar-refractivity contribution in [1.82, 2.24) is 9.62 Å². The van der Waals surface area contributed by atoms with Gasteiger partial charge in [0, 0.05) is 24.5 Å². The molecule has 0 bridgehead atoms. The maximum atomic E-state index is 11.9. The first-order chi connectivity index (χ1) is 7.33. The predicted octanol–water partition coefficient (Wildman–Crippen LogP) is 1.05. The van der Waals surface area contributed by atoms with Crippen molar-refractivity contribution < 1.29 is 8.42 Å². The highest BCUT2D eigenvalue weighted by Crippen LogP contribution is 2.19. The van der Waals surface area contributed by atoms with E-state index >= 15 is 0 Å². The first-order valence-corrected chi connectivity index (χ1v) is 7.82. The number of likely N-dealkylation sites (tertiary alicyclic amines) is 1. The lowest BCUT2D eigenvalue weighted by atomic mass is 10.1. The minimum absolute atomic E-state index is 0.0215. The highest BCUT2D eigenvalue weighted by molar-refractivity contribution is 7.90. The summed E-state index contributed by atoms with van der Waals surface area (Å²) in [6, 6.07) is -0.0215. The lowest BCUT2D eigenvalue weighted by Crippen LogP contribution is -2.46. The van der Waals surface area contributed by atoms with Crippen LogP contribution in [0.1, 0.15) is 33.6 Å². The molecule has 1 heterocycles. The number of nitrogens with one attached hydrogen (secondary N) is 1. The van der Waals surface area contributed by atoms with Gasteiger partial charge in [0.1, 0.15) is 0 Å². The van der Waals surface area contributed by atoms with Crippen molar-refractivity contribution in [2.75, 3.05) is 13.1 Å². The van der Waals surface area contributed by atoms with E-state index in [1.54, 1.807) is 0 Å². The van der Waals surface area contributed by atoms with Crippen LogP contribution in [0, 0.1) is 0 Å². The second kappa shape index (κ2) is 5.71. The van der Waals surface area contributed by atoms with E-state index < -0.39 is 10.0 Å². The summed E-state index contributed by atoms with van der Waals surface area (Å²) in [5.74, 6) is 0. The van der Waals surface area contributed by atoms with E-state index in [-0.39, 0.29) is 16.7 Å². The third-order valence-electron chi connectivity index (χ3n) is 2.84. The first kappa shape index (κ1) is 14.3. The lowest BCUT2D eigenvalue weighted by Gasteiger charge is -2.34. The molecule has 1 aliphatic heterocycles. The molecule has 0 spiro atoms. The zero-order valence-electron chi connectivity index (χ0n) is 10.2. The summed E-state index contributed by atoms with van der Waals surface area (Å²) < 4.78 is 26.5. The van der Waals surface area contributed by atoms with Gasteiger partial charge in [-0.1, -0.05) is 0 Å². The van der Waals surface area contributed by atoms with E-state index in [1.165, 1.54) is 0 Å². The summed E-state index contributed by atoms with van der Waals surface area (Å²) in [5, 5.41) is -0.0278. The Morgan fingerprint density at radius 1 is 1.25 bits per heavy atom. The van der Waals surface area contributed by atoms with Crippen molar-refractivity contribution >= 4 is 22.7 Å². The third-order valence-corrected chi connectivity index (χ3v) is 5.32. The molecule has 1 N–H and O–H groups in total. The number of sulfonamides is 1. The minimum Gasteiger partial charge on any atom is -0.292 e. The van der Waals surface area contributed by atoms with Crippen LogP contribution in [0.2, 0.25) is 0 Å². The molecule has 1 aliphatic rings. The summed E-state index contributed by atoms with van der Waals surface area (Å²) in [6.07, 6.45) is 1.40. The van der Waals surface area contributed by atoms with Crippen molar-refractivity contribution in [2.45, 2.75) is 50.3 Å². The van der Waals surface area contributed by atoms with Crippen LogP contribution >= 0.6 is 12.6 Å². The summed E-state index contributed by atoms with van der Waals surface area (Å²) in [5.41, 5.74) is 0. The molecule has 1 unspecified atom stereocenters. The van der Waals surface area contributed by atoms with Crippen LogP contribution in [0.5, 0.6) is 0 Å². The molecular formula is C10H22N2O2S2. The molecule has 0 amide bonds. The fourth-order valence-electron chi connectivity index (χ4n) is 1.98. The lowest BCUT2D eigenvalue weighted by molar-refractivity contribution is 0.224. The maximum absolute atomic E-state index is 11.9. The van der Waals surface area contributed by atoms with E-state index in [0.717, 1.165) is 13.1 Å². The van der Waals surface area contributed by atoms with E-state index in [2.05, 4.69) is 22.3 Å². The molecule has 4 nitrogen and oxygen atoms in total. The van der Waals surface area contributed by atoms with Crippen molar-refractivity contribution in [2.24, 2.45) is 0 Å². The second-order valence-electron chi connectivity index (χ2n) is 4.68. The molecule has 96 valence electrons. The molecule has 0 aromatic heterocycles. The van der Waals surface area contributed by atoms with Crippen LogP contribution in [0.4, 0.5) is 0 Å². The largest absolute Gasteiger partial charge is 0.292 e. The normalized spacial score (nSPS) is 22.6. The highest BCUT2D eigenvalue weighted by Gasteiger charge is 2.30. The van der Waals surface area contributed by atoms with Gasteiger partial charge in [-0.3, -0.25) is 4.90 Å². The summed E-state index contributed by atoms with van der Waals surface area (Å²) >= 11 is 4.36. The van der Waals surface area contributed by atoms with E-state index in [0.29, 0.717) is 12.8 Å². The smallest absolute Gasteiger partial charge is 0.214 e. The zero-order valence-corrected chi connectivity index (χ0v) is 11.9. The van der Waals surface area contributed by atoms with Crippen LogP contribution in [0.15, 0.2) is 0 Å². The van der Waals surface area contributed by atoms with Crippen LogP contribution in [-0.4, -0.2) is 43.1 Å². The van der Waals surface area contributed by atoms with Crippen molar-refractivity contribution in [3.8, 4) is 0 Å². The monoisotopic (exact) mass is 266 g/mol. The number of hydrogen-bond donors (Lipinski definition) is 2. The van der Waals surface area contributed by atoms with Gasteiger partial charge in [0.25, 0.3) is 0 Å². The van der Waals surface area contributed by atoms with Crippen LogP contribution in [0.3, 0.4) is 0 Å². The molecule has 0 aliphatic carbocycles. The van der Waals surface area contributed by atoms with Gasteiger partial charge in [-0.05, 0) is 33.6 Å². The number of nitrogens with zero attached hydrogens (tertiary/aromatic N) is 1. The fraction of sp³-hybridized carbons (Fsp3) is 1.00. The Kier molecular flexibility index (Phi) is 5.10. The minimum atomic E-state index is -3.13. The van der Waals surface area contributed by atoms with Crippen molar-refractivity contribution in [3.63, 3.8) is 0 Å². The molecule has 1 saturated heterocycles. The molecule has 0 aromatic rings. The molecule has 6 heteroatoms. The average Bonchev–Trinajstić information content (AvgIpc) is 2.16. The summed E-state index contributed by atoms with van der Waals surface area (Å²) in [6.45, 7) is 7.35. The SMILES string of the molecule is CC(C)NS(=O)(=O)C1CCN(C(C)S)CC1. The maximum Gasteiger partial charge on any atom is 0.214 e. The molecular weight excluding hydrogens is 244 g/mol. The molecule has 16 heavy (non-hydrogen) atoms. The van der Waals surface area contributed by atoms with E-state index in [9.17, 15) is 8.42 Å². The van der Waals surface area contributed by atoms with Gasteiger partial charge in [-0.25, -0.2) is 13.1 Å². The number of piperidine rings is 1. The number of thiol groups is 1. The van der Waals surface area contributed by atoms with Gasteiger partial charge < -0.3 is 0 Å². The Labute approximate surface area is 104 Å². The van der Waals surface area contributed by atoms with E-state index in [4.69, 9.17) is 0 Å². The number of hydrogen-bond acceptors (Lipinski definition) is 4. The zero-order chi connectivity index (χ0) is 12.3. The molecule has 0 saturated carbocycles. The Morgan fingerprint density at radius 2 is 1.75 bits per heavy atom. The molecule has 1 rings (SSSR count). The Balaban J connectivity index is 2.53. The quantitative estimate of drug-likeness (QED) is 0.748. The van der Waals surface area contributed by atoms with Crippen molar-refractivity contribution in [3.05, 3.63) is 0 Å². The van der Waals surface area contributed by atoms with Gasteiger partial charge in [0.2, 0.25) is 10.0 Å². The Bertz CT molecular complexity index is 307. The summed E-state index contributed by atoms with van der Waals surface area (Å²) in [4.78, 5) is 2.20. The van der Waals surface area contributed by atoms with Gasteiger partial charge in [-0.2, -0.15) is 12.6 Å². The molecule has 0 aromatic carbocycles. The number of rotatable bonds is 4. The van der Waals surface area contributed by atoms with Gasteiger partial charge in [0.15, 0.2) is 0 Å². The fourth-order valence-corrected chi connectivity index (χ4v) is 3.90. The predicted molar refractivity (Wildman–Crippen MR) is 70.2 cm³/mol. The third kappa shape index (κ3) is 3.91. The molecule has 1 fully saturated rings. The van der Waals surface area contributed by atoms with Crippen LogP contribution < -0.4 is 4.72 Å². The molecule has 1 atom stereocenters. The summed E-state index contributed by atoms with van der Waals surface area (Å²) in [7, 11) is -3.13. The Hall–Kier alpha value is 0.220. The van der Waals surface area contributed by atoms with E-state index in [1.807, 2.05) is 20.8 Å². The van der Waals surface area contributed by atoms with Gasteiger partial charge in [-0.15, -0.1) is 0 Å². The highest BCUT2D eigenvalue weighted by atomic mass is 32.2. The Morgan fingerprint density at radius 3 is 2.12 bits per heavy atom. The standard InChI is InChI=1S/C10H22N2O2S2/c1-8(2)11-16(13,14)10-4-6-12(7-5-10)9(3)15/h8-11,15H,4-7H2,1-3H3. The van der Waals surface area contributed by atoms with Crippen molar-refractivity contribution in [1.29, 1.82) is 0 Å². The first-order valence-electron chi connectivity index (χ1n) is 5.76. The second-order valence-corrected chi connectivity index (χ2v) is 7.42. The van der Waals surface area contributed by atoms with Gasteiger partial charge in [0.05, 0.1) is 5.25 Å². The average molecular weight is 266 g/mol.